The van der Waals surface area contributed by atoms with Gasteiger partial charge in [0.1, 0.15) is 5.82 Å². The summed E-state index contributed by atoms with van der Waals surface area (Å²) >= 11 is 9.34. The molecule has 1 aliphatic rings. The fraction of sp³-hybridized carbons (Fsp3) is 0.500. The molecular weight excluding hydrogens is 278 g/mol. The average Bonchev–Trinajstić information content (AvgIpc) is 2.22. The molecule has 1 fully saturated rings. The van der Waals surface area contributed by atoms with Crippen molar-refractivity contribution in [3.05, 3.63) is 34.1 Å². The SMILES string of the molecule is Fc1c(Br)cccc1C1CCCC(Cl)C1. The van der Waals surface area contributed by atoms with Crippen LogP contribution >= 0.6 is 27.5 Å². The molecule has 0 heterocycles. The number of halogens is 3. The summed E-state index contributed by atoms with van der Waals surface area (Å²) in [7, 11) is 0. The van der Waals surface area contributed by atoms with Crippen LogP contribution in [0.3, 0.4) is 0 Å². The van der Waals surface area contributed by atoms with E-state index in [1.807, 2.05) is 12.1 Å². The van der Waals surface area contributed by atoms with E-state index in [1.54, 1.807) is 6.07 Å². The Morgan fingerprint density at radius 1 is 1.33 bits per heavy atom. The fourth-order valence-electron chi connectivity index (χ4n) is 2.25. The number of alkyl halides is 1. The van der Waals surface area contributed by atoms with E-state index in [9.17, 15) is 4.39 Å². The molecule has 2 rings (SSSR count). The van der Waals surface area contributed by atoms with Gasteiger partial charge in [-0.1, -0.05) is 18.6 Å². The van der Waals surface area contributed by atoms with Crippen molar-refractivity contribution >= 4 is 27.5 Å². The van der Waals surface area contributed by atoms with E-state index in [1.165, 1.54) is 0 Å². The van der Waals surface area contributed by atoms with Crippen LogP contribution in [0.15, 0.2) is 22.7 Å². The predicted molar refractivity (Wildman–Crippen MR) is 65.0 cm³/mol. The second-order valence-corrected chi connectivity index (χ2v) is 5.58. The van der Waals surface area contributed by atoms with Crippen molar-refractivity contribution in [2.45, 2.75) is 37.0 Å². The first-order chi connectivity index (χ1) is 7.18. The summed E-state index contributed by atoms with van der Waals surface area (Å²) < 4.78 is 14.4. The Morgan fingerprint density at radius 2 is 2.13 bits per heavy atom. The van der Waals surface area contributed by atoms with Gasteiger partial charge < -0.3 is 0 Å². The topological polar surface area (TPSA) is 0 Å². The van der Waals surface area contributed by atoms with E-state index in [2.05, 4.69) is 15.9 Å². The molecule has 1 aromatic carbocycles. The standard InChI is InChI=1S/C12H13BrClF/c13-11-6-2-5-10(12(11)15)8-3-1-4-9(14)7-8/h2,5-6,8-9H,1,3-4,7H2. The molecule has 0 aromatic heterocycles. The fourth-order valence-corrected chi connectivity index (χ4v) is 3.00. The maximum Gasteiger partial charge on any atom is 0.140 e. The van der Waals surface area contributed by atoms with Gasteiger partial charge in [0, 0.05) is 5.38 Å². The van der Waals surface area contributed by atoms with Crippen LogP contribution in [0.25, 0.3) is 0 Å². The van der Waals surface area contributed by atoms with Gasteiger partial charge in [-0.2, -0.15) is 0 Å². The highest BCUT2D eigenvalue weighted by atomic mass is 79.9. The van der Waals surface area contributed by atoms with Gasteiger partial charge in [-0.25, -0.2) is 4.39 Å². The van der Waals surface area contributed by atoms with Crippen LogP contribution in [0.5, 0.6) is 0 Å². The van der Waals surface area contributed by atoms with Gasteiger partial charge in [0.15, 0.2) is 0 Å². The molecule has 0 radical (unpaired) electrons. The Kier molecular flexibility index (Phi) is 3.68. The van der Waals surface area contributed by atoms with Crippen molar-refractivity contribution in [2.75, 3.05) is 0 Å². The second-order valence-electron chi connectivity index (χ2n) is 4.10. The Bertz CT molecular complexity index is 353. The first-order valence-electron chi connectivity index (χ1n) is 5.26. The van der Waals surface area contributed by atoms with E-state index in [0.717, 1.165) is 31.2 Å². The lowest BCUT2D eigenvalue weighted by atomic mass is 9.83. The zero-order valence-corrected chi connectivity index (χ0v) is 10.7. The molecule has 0 saturated heterocycles. The van der Waals surface area contributed by atoms with E-state index in [4.69, 9.17) is 11.6 Å². The molecule has 1 saturated carbocycles. The smallest absolute Gasteiger partial charge is 0.140 e. The molecule has 15 heavy (non-hydrogen) atoms. The number of hydrogen-bond acceptors (Lipinski definition) is 0. The van der Waals surface area contributed by atoms with Crippen LogP contribution in [0, 0.1) is 5.82 Å². The van der Waals surface area contributed by atoms with Gasteiger partial charge in [-0.3, -0.25) is 0 Å². The number of rotatable bonds is 1. The summed E-state index contributed by atoms with van der Waals surface area (Å²) in [6, 6.07) is 5.50. The van der Waals surface area contributed by atoms with Gasteiger partial charge >= 0.3 is 0 Å². The highest BCUT2D eigenvalue weighted by Crippen LogP contribution is 2.37. The summed E-state index contributed by atoms with van der Waals surface area (Å²) in [5.74, 6) is 0.173. The largest absolute Gasteiger partial charge is 0.205 e. The Morgan fingerprint density at radius 3 is 2.87 bits per heavy atom. The molecule has 82 valence electrons. The summed E-state index contributed by atoms with van der Waals surface area (Å²) in [6.07, 6.45) is 4.12. The first kappa shape index (κ1) is 11.4. The van der Waals surface area contributed by atoms with Gasteiger partial charge in [0.25, 0.3) is 0 Å². The van der Waals surface area contributed by atoms with Crippen molar-refractivity contribution in [2.24, 2.45) is 0 Å². The number of benzene rings is 1. The van der Waals surface area contributed by atoms with Crippen LogP contribution in [0.1, 0.15) is 37.2 Å². The lowest BCUT2D eigenvalue weighted by Gasteiger charge is -2.26. The summed E-state index contributed by atoms with van der Waals surface area (Å²) in [5, 5.41) is 0.210. The van der Waals surface area contributed by atoms with Gasteiger partial charge in [-0.15, -0.1) is 11.6 Å². The second kappa shape index (κ2) is 4.84. The van der Waals surface area contributed by atoms with Crippen LogP contribution in [-0.4, -0.2) is 5.38 Å². The summed E-state index contributed by atoms with van der Waals surface area (Å²) in [4.78, 5) is 0. The molecule has 1 aliphatic carbocycles. The van der Waals surface area contributed by atoms with Crippen LogP contribution in [-0.2, 0) is 0 Å². The van der Waals surface area contributed by atoms with Gasteiger partial charge in [0.2, 0.25) is 0 Å². The van der Waals surface area contributed by atoms with E-state index in [-0.39, 0.29) is 11.2 Å². The molecule has 0 spiro atoms. The highest BCUT2D eigenvalue weighted by Gasteiger charge is 2.24. The van der Waals surface area contributed by atoms with E-state index >= 15 is 0 Å². The molecular formula is C12H13BrClF. The zero-order chi connectivity index (χ0) is 10.8. The minimum Gasteiger partial charge on any atom is -0.205 e. The minimum atomic E-state index is -0.117. The molecule has 0 aliphatic heterocycles. The summed E-state index contributed by atoms with van der Waals surface area (Å²) in [6.45, 7) is 0. The average molecular weight is 292 g/mol. The van der Waals surface area contributed by atoms with Crippen molar-refractivity contribution in [3.63, 3.8) is 0 Å². The van der Waals surface area contributed by atoms with Crippen LogP contribution in [0.2, 0.25) is 0 Å². The van der Waals surface area contributed by atoms with Crippen molar-refractivity contribution < 1.29 is 4.39 Å². The quantitative estimate of drug-likeness (QED) is 0.649. The lowest BCUT2D eigenvalue weighted by Crippen LogP contribution is -2.15. The molecule has 0 bridgehead atoms. The summed E-state index contributed by atoms with van der Waals surface area (Å²) in [5.41, 5.74) is 0.815. The van der Waals surface area contributed by atoms with Crippen LogP contribution in [0.4, 0.5) is 4.39 Å². The molecule has 3 heteroatoms. The van der Waals surface area contributed by atoms with E-state index < -0.39 is 0 Å². The van der Waals surface area contributed by atoms with Crippen molar-refractivity contribution in [1.29, 1.82) is 0 Å². The third-order valence-corrected chi connectivity index (χ3v) is 4.04. The lowest BCUT2D eigenvalue weighted by molar-refractivity contribution is 0.434. The van der Waals surface area contributed by atoms with Crippen LogP contribution < -0.4 is 0 Å². The zero-order valence-electron chi connectivity index (χ0n) is 8.35. The Labute approximate surface area is 103 Å². The highest BCUT2D eigenvalue weighted by molar-refractivity contribution is 9.10. The van der Waals surface area contributed by atoms with Gasteiger partial charge in [0.05, 0.1) is 4.47 Å². The maximum atomic E-state index is 13.8. The first-order valence-corrected chi connectivity index (χ1v) is 6.49. The maximum absolute atomic E-state index is 13.8. The molecule has 0 N–H and O–H groups in total. The molecule has 1 aromatic rings. The minimum absolute atomic E-state index is 0.117. The monoisotopic (exact) mass is 290 g/mol. The third-order valence-electron chi connectivity index (χ3n) is 3.03. The molecule has 2 unspecified atom stereocenters. The Hall–Kier alpha value is -0.0800. The molecule has 0 amide bonds. The van der Waals surface area contributed by atoms with E-state index in [0.29, 0.717) is 10.4 Å². The Balaban J connectivity index is 2.24. The van der Waals surface area contributed by atoms with Gasteiger partial charge in [-0.05, 0) is 52.7 Å². The molecule has 0 nitrogen and oxygen atoms in total. The predicted octanol–water partition coefficient (Wildman–Crippen LogP) is 4.85. The normalized spacial score (nSPS) is 26.6. The third kappa shape index (κ3) is 2.54. The molecule has 2 atom stereocenters. The van der Waals surface area contributed by atoms with Crippen molar-refractivity contribution in [3.8, 4) is 0 Å². The number of hydrogen-bond donors (Lipinski definition) is 0. The van der Waals surface area contributed by atoms with Crippen molar-refractivity contribution in [1.82, 2.24) is 0 Å².